The first-order valence-corrected chi connectivity index (χ1v) is 6.50. The maximum Gasteiger partial charge on any atom is 0.219 e. The zero-order valence-electron chi connectivity index (χ0n) is 10.7. The number of hydrogen-bond donors (Lipinski definition) is 1. The summed E-state index contributed by atoms with van der Waals surface area (Å²) in [5.74, 6) is -0.340. The summed E-state index contributed by atoms with van der Waals surface area (Å²) in [7, 11) is 0. The van der Waals surface area contributed by atoms with Crippen LogP contribution < -0.4 is 10.6 Å². The van der Waals surface area contributed by atoms with Gasteiger partial charge in [0.25, 0.3) is 0 Å². The number of benzene rings is 1. The highest BCUT2D eigenvalue weighted by Gasteiger charge is 2.22. The fraction of sp³-hybridized carbons (Fsp3) is 0.385. The van der Waals surface area contributed by atoms with E-state index in [1.54, 1.807) is 24.0 Å². The Labute approximate surface area is 117 Å². The summed E-state index contributed by atoms with van der Waals surface area (Å²) in [5, 5.41) is 0. The van der Waals surface area contributed by atoms with E-state index < -0.39 is 5.82 Å². The van der Waals surface area contributed by atoms with Gasteiger partial charge in [0.05, 0.1) is 11.3 Å². The molecule has 19 heavy (non-hydrogen) atoms. The van der Waals surface area contributed by atoms with Gasteiger partial charge in [-0.05, 0) is 12.1 Å². The Morgan fingerprint density at radius 1 is 1.32 bits per heavy atom. The summed E-state index contributed by atoms with van der Waals surface area (Å²) in [4.78, 5) is 15.1. The van der Waals surface area contributed by atoms with E-state index in [0.717, 1.165) is 0 Å². The zero-order chi connectivity index (χ0) is 14.0. The number of rotatable bonds is 2. The van der Waals surface area contributed by atoms with E-state index in [4.69, 9.17) is 18.0 Å². The molecule has 0 aromatic heterocycles. The van der Waals surface area contributed by atoms with Gasteiger partial charge in [-0.2, -0.15) is 0 Å². The molecule has 0 atom stereocenters. The number of thiocarbonyl (C=S) groups is 1. The molecule has 1 amide bonds. The van der Waals surface area contributed by atoms with Gasteiger partial charge >= 0.3 is 0 Å². The van der Waals surface area contributed by atoms with Crippen LogP contribution >= 0.6 is 12.2 Å². The van der Waals surface area contributed by atoms with Gasteiger partial charge in [0.2, 0.25) is 5.91 Å². The fourth-order valence-electron chi connectivity index (χ4n) is 2.28. The van der Waals surface area contributed by atoms with Crippen LogP contribution in [-0.4, -0.2) is 42.0 Å². The lowest BCUT2D eigenvalue weighted by Crippen LogP contribution is -2.48. The van der Waals surface area contributed by atoms with E-state index in [-0.39, 0.29) is 16.5 Å². The summed E-state index contributed by atoms with van der Waals surface area (Å²) in [6.07, 6.45) is 0. The van der Waals surface area contributed by atoms with Crippen LogP contribution in [0, 0.1) is 5.82 Å². The Hall–Kier alpha value is -1.69. The Morgan fingerprint density at radius 2 is 1.95 bits per heavy atom. The van der Waals surface area contributed by atoms with E-state index in [1.807, 2.05) is 4.90 Å². The number of nitrogens with two attached hydrogens (primary N) is 1. The summed E-state index contributed by atoms with van der Waals surface area (Å²) in [6.45, 7) is 4.11. The molecule has 2 N–H and O–H groups in total. The van der Waals surface area contributed by atoms with Crippen LogP contribution in [0.15, 0.2) is 18.2 Å². The van der Waals surface area contributed by atoms with E-state index in [1.165, 1.54) is 6.07 Å². The first-order chi connectivity index (χ1) is 9.00. The number of anilines is 1. The quantitative estimate of drug-likeness (QED) is 0.826. The summed E-state index contributed by atoms with van der Waals surface area (Å²) in [6, 6.07) is 4.80. The molecule has 0 spiro atoms. The van der Waals surface area contributed by atoms with Gasteiger partial charge in [0.1, 0.15) is 10.8 Å². The van der Waals surface area contributed by atoms with Crippen molar-refractivity contribution < 1.29 is 9.18 Å². The number of carbonyl (C=O) groups excluding carboxylic acids is 1. The molecule has 1 heterocycles. The van der Waals surface area contributed by atoms with Crippen molar-refractivity contribution in [2.45, 2.75) is 6.92 Å². The molecule has 1 aliphatic heterocycles. The van der Waals surface area contributed by atoms with E-state index in [9.17, 15) is 9.18 Å². The van der Waals surface area contributed by atoms with Crippen LogP contribution in [0.1, 0.15) is 12.5 Å². The van der Waals surface area contributed by atoms with Crippen molar-refractivity contribution in [1.82, 2.24) is 4.90 Å². The van der Waals surface area contributed by atoms with Crippen molar-refractivity contribution in [2.24, 2.45) is 5.73 Å². The van der Waals surface area contributed by atoms with Crippen molar-refractivity contribution in [1.29, 1.82) is 0 Å². The Morgan fingerprint density at radius 3 is 2.47 bits per heavy atom. The molecule has 102 valence electrons. The molecule has 0 bridgehead atoms. The molecule has 0 radical (unpaired) electrons. The molecular formula is C13H16FN3OS. The van der Waals surface area contributed by atoms with Gasteiger partial charge in [-0.1, -0.05) is 18.3 Å². The molecule has 0 saturated carbocycles. The number of nitrogens with zero attached hydrogens (tertiary/aromatic N) is 2. The van der Waals surface area contributed by atoms with Crippen LogP contribution in [0.2, 0.25) is 0 Å². The SMILES string of the molecule is CC(=O)N1CCN(c2cccc(F)c2C(N)=S)CC1. The lowest BCUT2D eigenvalue weighted by atomic mass is 10.1. The highest BCUT2D eigenvalue weighted by Crippen LogP contribution is 2.24. The molecule has 1 aromatic rings. The van der Waals surface area contributed by atoms with Crippen molar-refractivity contribution in [3.8, 4) is 0 Å². The van der Waals surface area contributed by atoms with Crippen LogP contribution in [0.3, 0.4) is 0 Å². The first-order valence-electron chi connectivity index (χ1n) is 6.09. The van der Waals surface area contributed by atoms with Gasteiger partial charge in [0.15, 0.2) is 0 Å². The van der Waals surface area contributed by atoms with Crippen molar-refractivity contribution >= 4 is 28.8 Å². The van der Waals surface area contributed by atoms with Gasteiger partial charge in [0, 0.05) is 33.1 Å². The Kier molecular flexibility index (Phi) is 3.99. The lowest BCUT2D eigenvalue weighted by molar-refractivity contribution is -0.129. The third kappa shape index (κ3) is 2.84. The van der Waals surface area contributed by atoms with Crippen molar-refractivity contribution in [2.75, 3.05) is 31.1 Å². The number of halogens is 1. The number of hydrogen-bond acceptors (Lipinski definition) is 3. The molecular weight excluding hydrogens is 265 g/mol. The van der Waals surface area contributed by atoms with E-state index >= 15 is 0 Å². The second-order valence-electron chi connectivity index (χ2n) is 4.49. The highest BCUT2D eigenvalue weighted by atomic mass is 32.1. The monoisotopic (exact) mass is 281 g/mol. The molecule has 0 unspecified atom stereocenters. The van der Waals surface area contributed by atoms with Crippen LogP contribution in [-0.2, 0) is 4.79 Å². The van der Waals surface area contributed by atoms with Gasteiger partial charge in [-0.25, -0.2) is 4.39 Å². The highest BCUT2D eigenvalue weighted by molar-refractivity contribution is 7.80. The predicted octanol–water partition coefficient (Wildman–Crippen LogP) is 1.13. The second-order valence-corrected chi connectivity index (χ2v) is 4.93. The van der Waals surface area contributed by atoms with Crippen molar-refractivity contribution in [3.05, 3.63) is 29.6 Å². The fourth-order valence-corrected chi connectivity index (χ4v) is 2.48. The Balaban J connectivity index is 2.22. The minimum absolute atomic E-state index is 0.0575. The second kappa shape index (κ2) is 5.52. The topological polar surface area (TPSA) is 49.6 Å². The molecule has 2 rings (SSSR count). The van der Waals surface area contributed by atoms with Crippen LogP contribution in [0.5, 0.6) is 0 Å². The number of piperazine rings is 1. The van der Waals surface area contributed by atoms with E-state index in [2.05, 4.69) is 0 Å². The summed E-state index contributed by atoms with van der Waals surface area (Å²) in [5.41, 5.74) is 6.59. The molecule has 6 heteroatoms. The number of carbonyl (C=O) groups is 1. The smallest absolute Gasteiger partial charge is 0.219 e. The third-order valence-corrected chi connectivity index (χ3v) is 3.51. The first kappa shape index (κ1) is 13.7. The molecule has 4 nitrogen and oxygen atoms in total. The van der Waals surface area contributed by atoms with Gasteiger partial charge in [-0.15, -0.1) is 0 Å². The Bertz CT molecular complexity index is 513. The van der Waals surface area contributed by atoms with Crippen LogP contribution in [0.25, 0.3) is 0 Å². The van der Waals surface area contributed by atoms with Gasteiger partial charge < -0.3 is 15.5 Å². The number of amides is 1. The van der Waals surface area contributed by atoms with Crippen molar-refractivity contribution in [3.63, 3.8) is 0 Å². The van der Waals surface area contributed by atoms with E-state index in [0.29, 0.717) is 31.9 Å². The standard InChI is InChI=1S/C13H16FN3OS/c1-9(18)16-5-7-17(8-6-16)11-4-2-3-10(14)12(11)13(15)19/h2-4H,5-8H2,1H3,(H2,15,19). The maximum atomic E-state index is 13.8. The third-order valence-electron chi connectivity index (χ3n) is 3.30. The maximum absolute atomic E-state index is 13.8. The molecule has 1 saturated heterocycles. The lowest BCUT2D eigenvalue weighted by Gasteiger charge is -2.36. The average Bonchev–Trinajstić information content (AvgIpc) is 2.38. The minimum Gasteiger partial charge on any atom is -0.389 e. The minimum atomic E-state index is -0.404. The average molecular weight is 281 g/mol. The molecule has 1 fully saturated rings. The molecule has 1 aromatic carbocycles. The largest absolute Gasteiger partial charge is 0.389 e. The molecule has 1 aliphatic rings. The van der Waals surface area contributed by atoms with Crippen LogP contribution in [0.4, 0.5) is 10.1 Å². The summed E-state index contributed by atoms with van der Waals surface area (Å²) < 4.78 is 13.8. The predicted molar refractivity (Wildman–Crippen MR) is 76.8 cm³/mol. The zero-order valence-corrected chi connectivity index (χ0v) is 11.5. The normalized spacial score (nSPS) is 15.5. The van der Waals surface area contributed by atoms with Gasteiger partial charge in [-0.3, -0.25) is 4.79 Å². The summed E-state index contributed by atoms with van der Waals surface area (Å²) >= 11 is 4.92. The molecule has 0 aliphatic carbocycles.